The van der Waals surface area contributed by atoms with E-state index in [2.05, 4.69) is 41.1 Å². The fraction of sp³-hybridized carbons (Fsp3) is 0.625. The van der Waals surface area contributed by atoms with Crippen molar-refractivity contribution >= 4 is 11.4 Å². The zero-order valence-corrected chi connectivity index (χ0v) is 11.9. The zero-order valence-electron chi connectivity index (χ0n) is 11.9. The average Bonchev–Trinajstić information content (AvgIpc) is 2.48. The summed E-state index contributed by atoms with van der Waals surface area (Å²) in [5.74, 6) is 0.671. The summed E-state index contributed by atoms with van der Waals surface area (Å²) in [6, 6.07) is 9.45. The zero-order chi connectivity index (χ0) is 13.2. The van der Waals surface area contributed by atoms with Gasteiger partial charge in [-0.05, 0) is 37.4 Å². The Labute approximate surface area is 116 Å². The normalized spacial score (nSPS) is 27.3. The van der Waals surface area contributed by atoms with Crippen molar-refractivity contribution in [1.29, 1.82) is 0 Å². The lowest BCUT2D eigenvalue weighted by molar-refractivity contribution is 0.298. The second-order valence-electron chi connectivity index (χ2n) is 5.95. The maximum atomic E-state index is 6.01. The Balaban J connectivity index is 1.91. The van der Waals surface area contributed by atoms with Gasteiger partial charge in [0.25, 0.3) is 0 Å². The molecule has 2 aliphatic rings. The molecule has 3 nitrogen and oxygen atoms in total. The molecule has 0 aromatic heterocycles. The molecule has 0 radical (unpaired) electrons. The maximum absolute atomic E-state index is 6.01. The topological polar surface area (TPSA) is 32.5 Å². The van der Waals surface area contributed by atoms with Gasteiger partial charge < -0.3 is 15.5 Å². The summed E-state index contributed by atoms with van der Waals surface area (Å²) < 4.78 is 0. The minimum Gasteiger partial charge on any atom is -0.371 e. The van der Waals surface area contributed by atoms with Gasteiger partial charge >= 0.3 is 0 Å². The molecule has 1 heterocycles. The standard InChI is InChI=1S/C16H25N3/c1-18-10-11-19(16-9-5-4-8-15(16)18)14-7-3-2-6-13(14)12-17/h4-5,8-9,13-14H,2-3,6-7,10-12,17H2,1H3. The van der Waals surface area contributed by atoms with Crippen molar-refractivity contribution in [2.24, 2.45) is 11.7 Å². The lowest BCUT2D eigenvalue weighted by atomic mass is 9.83. The van der Waals surface area contributed by atoms with Crippen molar-refractivity contribution in [3.63, 3.8) is 0 Å². The largest absolute Gasteiger partial charge is 0.371 e. The Morgan fingerprint density at radius 3 is 2.63 bits per heavy atom. The number of benzene rings is 1. The molecule has 1 aromatic rings. The smallest absolute Gasteiger partial charge is 0.0607 e. The van der Waals surface area contributed by atoms with Gasteiger partial charge in [-0.1, -0.05) is 25.0 Å². The summed E-state index contributed by atoms with van der Waals surface area (Å²) in [7, 11) is 2.19. The van der Waals surface area contributed by atoms with Gasteiger partial charge in [-0.3, -0.25) is 0 Å². The Morgan fingerprint density at radius 2 is 1.84 bits per heavy atom. The lowest BCUT2D eigenvalue weighted by Crippen LogP contribution is -2.50. The third-order valence-electron chi connectivity index (χ3n) is 4.85. The number of nitrogens with zero attached hydrogens (tertiary/aromatic N) is 2. The summed E-state index contributed by atoms with van der Waals surface area (Å²) in [6.45, 7) is 3.08. The summed E-state index contributed by atoms with van der Waals surface area (Å²) in [4.78, 5) is 5.00. The van der Waals surface area contributed by atoms with E-state index in [1.807, 2.05) is 0 Å². The van der Waals surface area contributed by atoms with E-state index < -0.39 is 0 Å². The molecular formula is C16H25N3. The van der Waals surface area contributed by atoms with Crippen LogP contribution in [0.1, 0.15) is 25.7 Å². The van der Waals surface area contributed by atoms with Crippen molar-refractivity contribution in [2.45, 2.75) is 31.7 Å². The van der Waals surface area contributed by atoms with Crippen LogP contribution in [0.3, 0.4) is 0 Å². The van der Waals surface area contributed by atoms with Gasteiger partial charge in [-0.25, -0.2) is 0 Å². The minimum absolute atomic E-state index is 0.647. The SMILES string of the molecule is CN1CCN(C2CCCCC2CN)c2ccccc21. The summed E-state index contributed by atoms with van der Waals surface area (Å²) in [6.07, 6.45) is 5.32. The molecule has 104 valence electrons. The van der Waals surface area contributed by atoms with Crippen LogP contribution >= 0.6 is 0 Å². The number of fused-ring (bicyclic) bond motifs is 1. The molecule has 1 aliphatic carbocycles. The number of hydrogen-bond donors (Lipinski definition) is 1. The predicted octanol–water partition coefficient (Wildman–Crippen LogP) is 2.46. The molecule has 1 aromatic carbocycles. The van der Waals surface area contributed by atoms with Gasteiger partial charge in [0.15, 0.2) is 0 Å². The number of hydrogen-bond acceptors (Lipinski definition) is 3. The van der Waals surface area contributed by atoms with E-state index in [9.17, 15) is 0 Å². The predicted molar refractivity (Wildman–Crippen MR) is 81.9 cm³/mol. The van der Waals surface area contributed by atoms with Crippen LogP contribution in [-0.4, -0.2) is 32.7 Å². The number of likely N-dealkylation sites (N-methyl/N-ethyl adjacent to an activating group) is 1. The Hall–Kier alpha value is -1.22. The Kier molecular flexibility index (Phi) is 3.65. The van der Waals surface area contributed by atoms with E-state index in [0.717, 1.165) is 19.6 Å². The molecular weight excluding hydrogens is 234 g/mol. The molecule has 2 atom stereocenters. The van der Waals surface area contributed by atoms with Gasteiger partial charge in [0, 0.05) is 26.2 Å². The van der Waals surface area contributed by atoms with Crippen LogP contribution in [0.2, 0.25) is 0 Å². The molecule has 0 amide bonds. The summed E-state index contributed by atoms with van der Waals surface area (Å²) >= 11 is 0. The maximum Gasteiger partial charge on any atom is 0.0607 e. The van der Waals surface area contributed by atoms with Crippen molar-refractivity contribution in [2.75, 3.05) is 36.5 Å². The third kappa shape index (κ3) is 2.32. The van der Waals surface area contributed by atoms with Gasteiger partial charge in [0.1, 0.15) is 0 Å². The highest BCUT2D eigenvalue weighted by Gasteiger charge is 2.32. The average molecular weight is 259 g/mol. The number of rotatable bonds is 2. The van der Waals surface area contributed by atoms with Crippen LogP contribution < -0.4 is 15.5 Å². The van der Waals surface area contributed by atoms with Crippen LogP contribution in [0.4, 0.5) is 11.4 Å². The Bertz CT molecular complexity index is 432. The first kappa shape index (κ1) is 12.8. The highest BCUT2D eigenvalue weighted by atomic mass is 15.3. The van der Waals surface area contributed by atoms with Crippen LogP contribution in [0, 0.1) is 5.92 Å². The van der Waals surface area contributed by atoms with Crippen LogP contribution in [0.25, 0.3) is 0 Å². The van der Waals surface area contributed by atoms with Gasteiger partial charge in [-0.2, -0.15) is 0 Å². The molecule has 1 fully saturated rings. The van der Waals surface area contributed by atoms with Gasteiger partial charge in [-0.15, -0.1) is 0 Å². The molecule has 0 bridgehead atoms. The van der Waals surface area contributed by atoms with Crippen LogP contribution in [0.15, 0.2) is 24.3 Å². The second-order valence-corrected chi connectivity index (χ2v) is 5.95. The van der Waals surface area contributed by atoms with Crippen molar-refractivity contribution in [1.82, 2.24) is 0 Å². The first-order valence-corrected chi connectivity index (χ1v) is 7.58. The molecule has 0 saturated heterocycles. The van der Waals surface area contributed by atoms with E-state index in [4.69, 9.17) is 5.73 Å². The van der Waals surface area contributed by atoms with Gasteiger partial charge in [0.2, 0.25) is 0 Å². The molecule has 0 spiro atoms. The fourth-order valence-corrected chi connectivity index (χ4v) is 3.75. The van der Waals surface area contributed by atoms with Crippen LogP contribution in [0.5, 0.6) is 0 Å². The minimum atomic E-state index is 0.647. The highest BCUT2D eigenvalue weighted by Crippen LogP contribution is 2.38. The molecule has 2 unspecified atom stereocenters. The Morgan fingerprint density at radius 1 is 1.11 bits per heavy atom. The van der Waals surface area contributed by atoms with E-state index in [1.165, 1.54) is 37.1 Å². The van der Waals surface area contributed by atoms with Crippen molar-refractivity contribution < 1.29 is 0 Å². The van der Waals surface area contributed by atoms with E-state index in [1.54, 1.807) is 0 Å². The monoisotopic (exact) mass is 259 g/mol. The summed E-state index contributed by atoms with van der Waals surface area (Å²) in [5, 5.41) is 0. The highest BCUT2D eigenvalue weighted by molar-refractivity contribution is 5.73. The second kappa shape index (κ2) is 5.41. The number of para-hydroxylation sites is 2. The quantitative estimate of drug-likeness (QED) is 0.885. The first-order valence-electron chi connectivity index (χ1n) is 7.58. The van der Waals surface area contributed by atoms with Gasteiger partial charge in [0.05, 0.1) is 11.4 Å². The van der Waals surface area contributed by atoms with E-state index in [-0.39, 0.29) is 0 Å². The van der Waals surface area contributed by atoms with Crippen LogP contribution in [-0.2, 0) is 0 Å². The van der Waals surface area contributed by atoms with E-state index in [0.29, 0.717) is 12.0 Å². The fourth-order valence-electron chi connectivity index (χ4n) is 3.75. The number of nitrogens with two attached hydrogens (primary N) is 1. The van der Waals surface area contributed by atoms with Crippen molar-refractivity contribution in [3.8, 4) is 0 Å². The number of anilines is 2. The molecule has 1 saturated carbocycles. The first-order chi connectivity index (χ1) is 9.31. The lowest BCUT2D eigenvalue weighted by Gasteiger charge is -2.46. The molecule has 2 N–H and O–H groups in total. The third-order valence-corrected chi connectivity index (χ3v) is 4.85. The molecule has 19 heavy (non-hydrogen) atoms. The molecule has 3 rings (SSSR count). The molecule has 1 aliphatic heterocycles. The van der Waals surface area contributed by atoms with Crippen molar-refractivity contribution in [3.05, 3.63) is 24.3 Å². The molecule has 3 heteroatoms. The summed E-state index contributed by atoms with van der Waals surface area (Å²) in [5.41, 5.74) is 8.79. The van der Waals surface area contributed by atoms with E-state index >= 15 is 0 Å².